The molecule has 28 heavy (non-hydrogen) atoms. The van der Waals surface area contributed by atoms with Gasteiger partial charge in [-0.2, -0.15) is 8.42 Å². The number of nitrogens with two attached hydrogens (primary N) is 1. The lowest BCUT2D eigenvalue weighted by molar-refractivity contribution is 0.184. The number of halogens is 2. The number of benzene rings is 1. The highest BCUT2D eigenvalue weighted by molar-refractivity contribution is 9.10. The van der Waals surface area contributed by atoms with E-state index in [2.05, 4.69) is 46.1 Å². The molecule has 0 atom stereocenters. The zero-order chi connectivity index (χ0) is 20.6. The van der Waals surface area contributed by atoms with Crippen molar-refractivity contribution in [2.75, 3.05) is 18.6 Å². The van der Waals surface area contributed by atoms with Crippen molar-refractivity contribution in [3.8, 4) is 0 Å². The molecule has 0 amide bonds. The van der Waals surface area contributed by atoms with Gasteiger partial charge in [0.15, 0.2) is 11.5 Å². The number of nitrogens with zero attached hydrogens (tertiary/aromatic N) is 3. The minimum Gasteiger partial charge on any atom is -0.290 e. The molecule has 1 aromatic heterocycles. The monoisotopic (exact) mass is 481 g/mol. The number of aliphatic imine (C=N–C) groups is 1. The Labute approximate surface area is 167 Å². The van der Waals surface area contributed by atoms with Crippen molar-refractivity contribution in [2.24, 2.45) is 10.1 Å². The normalized spacial score (nSPS) is 12.2. The van der Waals surface area contributed by atoms with Gasteiger partial charge in [0, 0.05) is 6.54 Å². The van der Waals surface area contributed by atoms with Crippen molar-refractivity contribution in [1.82, 2.24) is 20.5 Å². The quantitative estimate of drug-likeness (QED) is 0.143. The highest BCUT2D eigenvalue weighted by atomic mass is 79.9. The Bertz CT molecular complexity index is 924. The van der Waals surface area contributed by atoms with E-state index in [1.807, 2.05) is 5.48 Å². The molecule has 15 heteroatoms. The zero-order valence-corrected chi connectivity index (χ0v) is 16.6. The highest BCUT2D eigenvalue weighted by Crippen LogP contribution is 2.23. The molecular weight excluding hydrogens is 465 g/mol. The Hall–Kier alpha value is -2.17. The molecule has 0 bridgehead atoms. The molecule has 6 N–H and O–H groups in total. The number of hydrogen-bond acceptors (Lipinski definition) is 9. The summed E-state index contributed by atoms with van der Waals surface area (Å²) >= 11 is 3.04. The molecule has 0 spiro atoms. The molecule has 12 nitrogen and oxygen atoms in total. The van der Waals surface area contributed by atoms with E-state index in [-0.39, 0.29) is 35.0 Å². The molecule has 0 aliphatic heterocycles. The van der Waals surface area contributed by atoms with E-state index in [0.717, 1.165) is 0 Å². The topological polar surface area (TPSA) is 177 Å². The van der Waals surface area contributed by atoms with E-state index < -0.39 is 16.0 Å². The number of rotatable bonds is 10. The smallest absolute Gasteiger partial charge is 0.274 e. The van der Waals surface area contributed by atoms with Crippen LogP contribution in [0.1, 0.15) is 18.5 Å². The fourth-order valence-electron chi connectivity index (χ4n) is 1.86. The maximum atomic E-state index is 13.3. The number of aromatic nitrogens is 2. The molecule has 1 aromatic carbocycles. The van der Waals surface area contributed by atoms with Crippen LogP contribution < -0.4 is 20.8 Å². The molecule has 2 rings (SSSR count). The summed E-state index contributed by atoms with van der Waals surface area (Å²) in [6.07, 6.45) is 1.01. The number of amidine groups is 1. The van der Waals surface area contributed by atoms with E-state index in [4.69, 9.17) is 9.98 Å². The first kappa shape index (κ1) is 22.1. The predicted octanol–water partition coefficient (Wildman–Crippen LogP) is 0.945. The zero-order valence-electron chi connectivity index (χ0n) is 14.2. The van der Waals surface area contributed by atoms with Gasteiger partial charge in [-0.1, -0.05) is 0 Å². The van der Waals surface area contributed by atoms with Gasteiger partial charge >= 0.3 is 0 Å². The lowest BCUT2D eigenvalue weighted by Gasteiger charge is -2.06. The van der Waals surface area contributed by atoms with Crippen LogP contribution in [0.25, 0.3) is 0 Å². The van der Waals surface area contributed by atoms with Crippen molar-refractivity contribution in [3.63, 3.8) is 0 Å². The number of unbranched alkanes of at least 4 members (excludes halogenated alkanes) is 1. The predicted molar refractivity (Wildman–Crippen MR) is 99.4 cm³/mol. The van der Waals surface area contributed by atoms with Gasteiger partial charge in [-0.15, -0.1) is 0 Å². The summed E-state index contributed by atoms with van der Waals surface area (Å²) < 4.78 is 41.7. The lowest BCUT2D eigenvalue weighted by atomic mass is 10.3. The number of hydroxylamine groups is 1. The highest BCUT2D eigenvalue weighted by Gasteiger charge is 2.17. The average Bonchev–Trinajstić information content (AvgIpc) is 3.09. The molecule has 154 valence electrons. The van der Waals surface area contributed by atoms with Gasteiger partial charge in [0.05, 0.1) is 16.8 Å². The summed E-state index contributed by atoms with van der Waals surface area (Å²) in [6, 6.07) is 4.00. The van der Waals surface area contributed by atoms with Gasteiger partial charge in [0.25, 0.3) is 10.2 Å². The fraction of sp³-hybridized carbons (Fsp3) is 0.308. The van der Waals surface area contributed by atoms with Crippen LogP contribution in [0.5, 0.6) is 0 Å². The summed E-state index contributed by atoms with van der Waals surface area (Å²) in [4.78, 5) is 9.29. The van der Waals surface area contributed by atoms with Crippen molar-refractivity contribution >= 4 is 43.5 Å². The van der Waals surface area contributed by atoms with Crippen LogP contribution in [0.2, 0.25) is 0 Å². The Morgan fingerprint density at radius 1 is 1.39 bits per heavy atom. The number of nitrogens with one attached hydrogen (secondary N) is 3. The number of anilines is 1. The van der Waals surface area contributed by atoms with Crippen LogP contribution in [0, 0.1) is 5.82 Å². The first-order valence-corrected chi connectivity index (χ1v) is 10.1. The Kier molecular flexibility index (Phi) is 8.21. The van der Waals surface area contributed by atoms with Crippen molar-refractivity contribution in [1.29, 1.82) is 0 Å². The second kappa shape index (κ2) is 10.4. The van der Waals surface area contributed by atoms with Crippen molar-refractivity contribution in [3.05, 3.63) is 34.2 Å². The lowest BCUT2D eigenvalue weighted by Crippen LogP contribution is -2.31. The average molecular weight is 482 g/mol. The summed E-state index contributed by atoms with van der Waals surface area (Å²) in [6.45, 7) is 0.389. The number of hydrogen-bond donors (Lipinski definition) is 5. The van der Waals surface area contributed by atoms with Crippen LogP contribution in [-0.4, -0.2) is 42.9 Å². The molecule has 0 unspecified atom stereocenters. The maximum absolute atomic E-state index is 13.3. The van der Waals surface area contributed by atoms with Gasteiger partial charge in [-0.25, -0.2) is 29.4 Å². The van der Waals surface area contributed by atoms with Crippen LogP contribution in [0.4, 0.5) is 15.9 Å². The van der Waals surface area contributed by atoms with Gasteiger partial charge in [0.2, 0.25) is 5.82 Å². The van der Waals surface area contributed by atoms with Crippen LogP contribution in [0.15, 0.2) is 32.3 Å². The SMILES string of the molecule is NS(=O)(=O)NCCCCONc1nonc1C(=Nc1ccc(F)c(Br)c1)NO. The van der Waals surface area contributed by atoms with E-state index in [1.54, 1.807) is 0 Å². The van der Waals surface area contributed by atoms with Crippen molar-refractivity contribution in [2.45, 2.75) is 12.8 Å². The summed E-state index contributed by atoms with van der Waals surface area (Å²) in [5.74, 6) is -0.553. The van der Waals surface area contributed by atoms with E-state index in [9.17, 15) is 18.0 Å². The van der Waals surface area contributed by atoms with Gasteiger partial charge < -0.3 is 0 Å². The minimum absolute atomic E-state index is 0.0128. The van der Waals surface area contributed by atoms with Crippen molar-refractivity contribution < 1.29 is 27.5 Å². The molecule has 0 fully saturated rings. The summed E-state index contributed by atoms with van der Waals surface area (Å²) in [5, 5.41) is 21.3. The second-order valence-electron chi connectivity index (χ2n) is 5.23. The third-order valence-corrected chi connectivity index (χ3v) is 4.32. The Morgan fingerprint density at radius 3 is 2.86 bits per heavy atom. The van der Waals surface area contributed by atoms with Crippen LogP contribution in [-0.2, 0) is 15.0 Å². The fourth-order valence-corrected chi connectivity index (χ4v) is 2.65. The molecular formula is C13H17BrFN7O5S. The molecule has 0 aliphatic carbocycles. The van der Waals surface area contributed by atoms with E-state index in [0.29, 0.717) is 18.5 Å². The van der Waals surface area contributed by atoms with Gasteiger partial charge in [-0.05, 0) is 57.3 Å². The first-order valence-electron chi connectivity index (χ1n) is 7.72. The molecule has 0 aliphatic rings. The van der Waals surface area contributed by atoms with Crippen LogP contribution in [0.3, 0.4) is 0 Å². The standard InChI is InChI=1S/C13H17BrFN7O5S/c14-9-7-8(3-4-10(9)15)18-12(19-23)11-13(22-27-20-11)21-26-6-2-1-5-17-28(16,24)25/h3-4,7,17,23H,1-2,5-6H2,(H,18,19)(H,21,22)(H2,16,24,25). The maximum Gasteiger partial charge on any atom is 0.274 e. The Morgan fingerprint density at radius 2 is 2.18 bits per heavy atom. The Balaban J connectivity index is 1.92. The van der Waals surface area contributed by atoms with Gasteiger partial charge in [0.1, 0.15) is 5.82 Å². The third-order valence-electron chi connectivity index (χ3n) is 3.11. The summed E-state index contributed by atoms with van der Waals surface area (Å²) in [7, 11) is -3.71. The minimum atomic E-state index is -3.71. The van der Waals surface area contributed by atoms with E-state index in [1.165, 1.54) is 18.2 Å². The molecule has 1 heterocycles. The van der Waals surface area contributed by atoms with Crippen LogP contribution >= 0.6 is 15.9 Å². The van der Waals surface area contributed by atoms with Gasteiger partial charge in [-0.3, -0.25) is 15.5 Å². The first-order chi connectivity index (χ1) is 13.3. The summed E-state index contributed by atoms with van der Waals surface area (Å²) in [5.41, 5.74) is 4.69. The largest absolute Gasteiger partial charge is 0.290 e. The molecule has 2 aromatic rings. The molecule has 0 saturated heterocycles. The van der Waals surface area contributed by atoms with E-state index >= 15 is 0 Å². The second-order valence-corrected chi connectivity index (χ2v) is 7.46. The molecule has 0 saturated carbocycles. The third kappa shape index (κ3) is 7.10. The molecule has 0 radical (unpaired) electrons.